The van der Waals surface area contributed by atoms with Gasteiger partial charge in [-0.2, -0.15) is 0 Å². The summed E-state index contributed by atoms with van der Waals surface area (Å²) in [6, 6.07) is 13.7. The minimum atomic E-state index is -1.20. The van der Waals surface area contributed by atoms with Crippen molar-refractivity contribution in [2.75, 3.05) is 19.3 Å². The highest BCUT2D eigenvalue weighted by atomic mass is 32.2. The molecular formula is C32H42N4O2S. The van der Waals surface area contributed by atoms with E-state index in [2.05, 4.69) is 50.7 Å². The van der Waals surface area contributed by atoms with Gasteiger partial charge in [0.05, 0.1) is 21.2 Å². The van der Waals surface area contributed by atoms with Gasteiger partial charge < -0.3 is 4.90 Å². The zero-order chi connectivity index (χ0) is 28.4. The molecule has 0 aliphatic carbocycles. The Morgan fingerprint density at radius 1 is 0.923 bits per heavy atom. The summed E-state index contributed by atoms with van der Waals surface area (Å²) in [5, 5.41) is 0.835. The lowest BCUT2D eigenvalue weighted by Gasteiger charge is -2.21. The van der Waals surface area contributed by atoms with Crippen LogP contribution in [-0.2, 0) is 10.8 Å². The molecule has 1 amide bonds. The Balaban J connectivity index is 0.000000771. The van der Waals surface area contributed by atoms with Crippen molar-refractivity contribution >= 4 is 27.6 Å². The smallest absolute Gasteiger partial charge is 0.253 e. The first-order chi connectivity index (χ1) is 18.9. The average molecular weight is 547 g/mol. The maximum Gasteiger partial charge on any atom is 0.253 e. The quantitative estimate of drug-likeness (QED) is 0.205. The Bertz CT molecular complexity index is 1390. The number of amides is 1. The monoisotopic (exact) mass is 546 g/mol. The van der Waals surface area contributed by atoms with Crippen molar-refractivity contribution in [3.63, 3.8) is 0 Å². The van der Waals surface area contributed by atoms with Crippen LogP contribution in [0.25, 0.3) is 28.0 Å². The third kappa shape index (κ3) is 7.41. The second-order valence-electron chi connectivity index (χ2n) is 9.78. The molecule has 0 spiro atoms. The van der Waals surface area contributed by atoms with Gasteiger partial charge in [-0.1, -0.05) is 77.3 Å². The Kier molecular flexibility index (Phi) is 11.4. The molecule has 0 radical (unpaired) electrons. The van der Waals surface area contributed by atoms with E-state index in [1.807, 2.05) is 52.1 Å². The lowest BCUT2D eigenvalue weighted by molar-refractivity contribution is 0.0755. The Hall–Kier alpha value is -3.32. The zero-order valence-corrected chi connectivity index (χ0v) is 25.1. The normalized spacial score (nSPS) is 11.6. The van der Waals surface area contributed by atoms with Crippen molar-refractivity contribution in [3.05, 3.63) is 72.2 Å². The molecule has 0 saturated heterocycles. The number of fused-ring (bicyclic) bond motifs is 1. The molecule has 0 saturated carbocycles. The summed E-state index contributed by atoms with van der Waals surface area (Å²) in [4.78, 5) is 25.0. The van der Waals surface area contributed by atoms with Crippen LogP contribution in [0.2, 0.25) is 0 Å². The molecule has 0 aliphatic heterocycles. The number of benzene rings is 2. The van der Waals surface area contributed by atoms with Crippen LogP contribution in [0, 0.1) is 6.92 Å². The fourth-order valence-corrected chi connectivity index (χ4v) is 5.33. The highest BCUT2D eigenvalue weighted by Crippen LogP contribution is 2.28. The summed E-state index contributed by atoms with van der Waals surface area (Å²) in [6.07, 6.45) is 13.0. The number of aryl methyl sites for hydroxylation is 1. The number of hydrogen-bond acceptors (Lipinski definition) is 4. The number of nitrogens with zero attached hydrogens (tertiary/aromatic N) is 4. The Morgan fingerprint density at radius 3 is 2.10 bits per heavy atom. The van der Waals surface area contributed by atoms with E-state index in [1.165, 1.54) is 19.3 Å². The van der Waals surface area contributed by atoms with Crippen LogP contribution in [0.4, 0.5) is 0 Å². The van der Waals surface area contributed by atoms with Crippen LogP contribution < -0.4 is 0 Å². The molecule has 208 valence electrons. The zero-order valence-electron chi connectivity index (χ0n) is 24.2. The van der Waals surface area contributed by atoms with Crippen LogP contribution in [0.15, 0.2) is 66.0 Å². The fraction of sp³-hybridized carbons (Fsp3) is 0.406. The number of unbranched alkanes of at least 4 members (excludes halogenated alkanes) is 2. The van der Waals surface area contributed by atoms with Crippen molar-refractivity contribution in [2.45, 2.75) is 71.6 Å². The van der Waals surface area contributed by atoms with Gasteiger partial charge in [-0.3, -0.25) is 13.6 Å². The van der Waals surface area contributed by atoms with Gasteiger partial charge in [0.2, 0.25) is 5.95 Å². The Labute approximate surface area is 235 Å². The standard InChI is InChI=1S/C27H30N4O2S.C5H12/c1-5-13-30(14-6-2)26(32)20-11-12-23-24(15-20)31(18-25(23)34(4)33)27-28-16-21(17-29-27)22-10-8-7-9-19(22)3;1-3-5-4-2/h7-12,15-18H,5-6,13-14H2,1-4H3;3-5H2,1-2H3. The third-order valence-corrected chi connectivity index (χ3v) is 7.56. The van der Waals surface area contributed by atoms with Crippen molar-refractivity contribution in [1.82, 2.24) is 19.4 Å². The first kappa shape index (κ1) is 30.2. The van der Waals surface area contributed by atoms with Gasteiger partial charge in [-0.15, -0.1) is 0 Å². The van der Waals surface area contributed by atoms with Gasteiger partial charge in [-0.25, -0.2) is 9.97 Å². The summed E-state index contributed by atoms with van der Waals surface area (Å²) < 4.78 is 14.3. The van der Waals surface area contributed by atoms with Crippen LogP contribution in [-0.4, -0.2) is 48.9 Å². The van der Waals surface area contributed by atoms with E-state index in [0.29, 0.717) is 16.4 Å². The van der Waals surface area contributed by atoms with E-state index in [0.717, 1.165) is 53.5 Å². The number of hydrogen-bond donors (Lipinski definition) is 0. The molecule has 4 aromatic rings. The van der Waals surface area contributed by atoms with Gasteiger partial charge in [-0.05, 0) is 43.0 Å². The van der Waals surface area contributed by atoms with Crippen molar-refractivity contribution in [3.8, 4) is 17.1 Å². The first-order valence-electron chi connectivity index (χ1n) is 14.0. The van der Waals surface area contributed by atoms with Crippen molar-refractivity contribution in [1.29, 1.82) is 0 Å². The van der Waals surface area contributed by atoms with E-state index in [-0.39, 0.29) is 5.91 Å². The fourth-order valence-electron chi connectivity index (χ4n) is 4.60. The van der Waals surface area contributed by atoms with E-state index < -0.39 is 10.8 Å². The van der Waals surface area contributed by atoms with Crippen LogP contribution in [0.1, 0.15) is 75.7 Å². The van der Waals surface area contributed by atoms with E-state index in [9.17, 15) is 9.00 Å². The molecule has 0 fully saturated rings. The predicted molar refractivity (Wildman–Crippen MR) is 163 cm³/mol. The van der Waals surface area contributed by atoms with Gasteiger partial charge >= 0.3 is 0 Å². The summed E-state index contributed by atoms with van der Waals surface area (Å²) in [6.45, 7) is 12.1. The minimum Gasteiger partial charge on any atom is -0.339 e. The number of carbonyl (C=O) groups excluding carboxylic acids is 1. The summed E-state index contributed by atoms with van der Waals surface area (Å²) in [7, 11) is -1.20. The van der Waals surface area contributed by atoms with E-state index >= 15 is 0 Å². The molecule has 2 aromatic heterocycles. The van der Waals surface area contributed by atoms with Gasteiger partial charge in [0, 0.05) is 54.4 Å². The third-order valence-electron chi connectivity index (χ3n) is 6.62. The molecular weight excluding hydrogens is 504 g/mol. The lowest BCUT2D eigenvalue weighted by Crippen LogP contribution is -2.32. The number of rotatable bonds is 10. The molecule has 4 rings (SSSR count). The highest BCUT2D eigenvalue weighted by Gasteiger charge is 2.19. The second-order valence-corrected chi connectivity index (χ2v) is 11.1. The highest BCUT2D eigenvalue weighted by molar-refractivity contribution is 7.84. The van der Waals surface area contributed by atoms with Crippen LogP contribution in [0.5, 0.6) is 0 Å². The van der Waals surface area contributed by atoms with Crippen molar-refractivity contribution < 1.29 is 9.00 Å². The summed E-state index contributed by atoms with van der Waals surface area (Å²) >= 11 is 0. The Morgan fingerprint density at radius 2 is 1.56 bits per heavy atom. The topological polar surface area (TPSA) is 68.1 Å². The van der Waals surface area contributed by atoms with Crippen LogP contribution >= 0.6 is 0 Å². The molecule has 7 heteroatoms. The largest absolute Gasteiger partial charge is 0.339 e. The van der Waals surface area contributed by atoms with E-state index in [4.69, 9.17) is 0 Å². The molecule has 0 aliphatic rings. The van der Waals surface area contributed by atoms with Gasteiger partial charge in [0.1, 0.15) is 0 Å². The molecule has 2 aromatic carbocycles. The van der Waals surface area contributed by atoms with Crippen molar-refractivity contribution in [2.24, 2.45) is 0 Å². The lowest BCUT2D eigenvalue weighted by atomic mass is 10.0. The van der Waals surface area contributed by atoms with Gasteiger partial charge in [0.25, 0.3) is 5.91 Å². The van der Waals surface area contributed by atoms with E-state index in [1.54, 1.807) is 18.6 Å². The minimum absolute atomic E-state index is 0.00772. The predicted octanol–water partition coefficient (Wildman–Crippen LogP) is 7.59. The van der Waals surface area contributed by atoms with Gasteiger partial charge in [0.15, 0.2) is 0 Å². The molecule has 0 bridgehead atoms. The average Bonchev–Trinajstić information content (AvgIpc) is 3.33. The summed E-state index contributed by atoms with van der Waals surface area (Å²) in [5.41, 5.74) is 4.55. The maximum absolute atomic E-state index is 13.2. The number of carbonyl (C=O) groups is 1. The molecule has 1 atom stereocenters. The maximum atomic E-state index is 13.2. The summed E-state index contributed by atoms with van der Waals surface area (Å²) in [5.74, 6) is 0.482. The first-order valence-corrected chi connectivity index (χ1v) is 15.6. The molecule has 1 unspecified atom stereocenters. The molecule has 0 N–H and O–H groups in total. The second kappa shape index (κ2) is 14.7. The molecule has 39 heavy (non-hydrogen) atoms. The number of aromatic nitrogens is 3. The molecule has 2 heterocycles. The molecule has 6 nitrogen and oxygen atoms in total. The van der Waals surface area contributed by atoms with Crippen LogP contribution in [0.3, 0.4) is 0 Å². The SMILES string of the molecule is CCCCC.CCCN(CCC)C(=O)c1ccc2c(S(C)=O)cn(-c3ncc(-c4ccccc4C)cn3)c2c1.